The molecule has 10 heteroatoms. The van der Waals surface area contributed by atoms with Gasteiger partial charge in [-0.15, -0.1) is 16.4 Å². The van der Waals surface area contributed by atoms with E-state index in [9.17, 15) is 9.59 Å². The Bertz CT molecular complexity index is 997. The third-order valence-corrected chi connectivity index (χ3v) is 5.12. The van der Waals surface area contributed by atoms with Crippen molar-refractivity contribution in [3.8, 4) is 11.4 Å². The Morgan fingerprint density at radius 3 is 3.00 bits per heavy atom. The number of tetrazole rings is 1. The van der Waals surface area contributed by atoms with Crippen molar-refractivity contribution in [2.75, 3.05) is 16.8 Å². The van der Waals surface area contributed by atoms with Gasteiger partial charge in [-0.05, 0) is 29.0 Å². The SMILES string of the molecule is Cn1nnnc1-c1cccc(NC(=O)Cc2csc(N3CCCC3=O)n2)c1. The first-order valence-corrected chi connectivity index (χ1v) is 9.35. The highest BCUT2D eigenvalue weighted by Crippen LogP contribution is 2.25. The van der Waals surface area contributed by atoms with E-state index in [0.29, 0.717) is 35.3 Å². The Labute approximate surface area is 159 Å². The van der Waals surface area contributed by atoms with Crippen LogP contribution in [0.2, 0.25) is 0 Å². The summed E-state index contributed by atoms with van der Waals surface area (Å²) in [6.45, 7) is 0.696. The van der Waals surface area contributed by atoms with E-state index in [0.717, 1.165) is 12.0 Å². The van der Waals surface area contributed by atoms with Gasteiger partial charge in [0.05, 0.1) is 12.1 Å². The van der Waals surface area contributed by atoms with Crippen molar-refractivity contribution in [3.05, 3.63) is 35.3 Å². The minimum Gasteiger partial charge on any atom is -0.326 e. The second-order valence-electron chi connectivity index (χ2n) is 6.20. The summed E-state index contributed by atoms with van der Waals surface area (Å²) in [6.07, 6.45) is 1.56. The van der Waals surface area contributed by atoms with Gasteiger partial charge in [0.25, 0.3) is 0 Å². The molecule has 0 radical (unpaired) electrons. The lowest BCUT2D eigenvalue weighted by Gasteiger charge is -2.10. The number of rotatable bonds is 5. The highest BCUT2D eigenvalue weighted by atomic mass is 32.1. The average Bonchev–Trinajstić information content (AvgIpc) is 3.36. The summed E-state index contributed by atoms with van der Waals surface area (Å²) < 4.78 is 1.57. The Balaban J connectivity index is 1.42. The van der Waals surface area contributed by atoms with E-state index < -0.39 is 0 Å². The van der Waals surface area contributed by atoms with E-state index in [1.165, 1.54) is 11.3 Å². The third kappa shape index (κ3) is 3.70. The molecule has 1 saturated heterocycles. The zero-order valence-electron chi connectivity index (χ0n) is 14.6. The van der Waals surface area contributed by atoms with Crippen LogP contribution in [0, 0.1) is 0 Å². The molecule has 9 nitrogen and oxygen atoms in total. The normalized spacial score (nSPS) is 14.0. The maximum atomic E-state index is 12.4. The molecule has 0 saturated carbocycles. The van der Waals surface area contributed by atoms with E-state index in [2.05, 4.69) is 25.8 Å². The van der Waals surface area contributed by atoms with Gasteiger partial charge >= 0.3 is 0 Å². The standard InChI is InChI=1S/C17H17N7O2S/c1-23-16(20-21-22-23)11-4-2-5-12(8-11)18-14(25)9-13-10-27-17(19-13)24-7-3-6-15(24)26/h2,4-5,8,10H,3,6-7,9H2,1H3,(H,18,25). The molecule has 0 bridgehead atoms. The van der Waals surface area contributed by atoms with Crippen LogP contribution in [0.1, 0.15) is 18.5 Å². The Hall–Kier alpha value is -3.14. The fourth-order valence-corrected chi connectivity index (χ4v) is 3.80. The Morgan fingerprint density at radius 1 is 1.37 bits per heavy atom. The first-order valence-electron chi connectivity index (χ1n) is 8.47. The molecule has 0 spiro atoms. The van der Waals surface area contributed by atoms with Crippen molar-refractivity contribution in [1.82, 2.24) is 25.2 Å². The molecule has 3 heterocycles. The molecule has 1 aromatic carbocycles. The molecule has 2 amide bonds. The predicted molar refractivity (Wildman–Crippen MR) is 100 cm³/mol. The molecular weight excluding hydrogens is 366 g/mol. The lowest BCUT2D eigenvalue weighted by molar-refractivity contribution is -0.117. The molecule has 1 N–H and O–H groups in total. The van der Waals surface area contributed by atoms with Crippen LogP contribution >= 0.6 is 11.3 Å². The second-order valence-corrected chi connectivity index (χ2v) is 7.04. The number of nitrogens with one attached hydrogen (secondary N) is 1. The second kappa shape index (κ2) is 7.23. The molecule has 0 unspecified atom stereocenters. The van der Waals surface area contributed by atoms with Gasteiger partial charge in [-0.2, -0.15) is 0 Å². The number of hydrogen-bond acceptors (Lipinski definition) is 7. The average molecular weight is 383 g/mol. The molecule has 1 fully saturated rings. The van der Waals surface area contributed by atoms with E-state index in [1.807, 2.05) is 23.6 Å². The van der Waals surface area contributed by atoms with E-state index >= 15 is 0 Å². The number of benzene rings is 1. The van der Waals surface area contributed by atoms with Crippen molar-refractivity contribution in [2.24, 2.45) is 7.05 Å². The number of amides is 2. The van der Waals surface area contributed by atoms with Gasteiger partial charge < -0.3 is 5.32 Å². The number of nitrogens with zero attached hydrogens (tertiary/aromatic N) is 6. The zero-order valence-corrected chi connectivity index (χ0v) is 15.4. The van der Waals surface area contributed by atoms with E-state index in [-0.39, 0.29) is 18.2 Å². The third-order valence-electron chi connectivity index (χ3n) is 4.21. The molecular formula is C17H17N7O2S. The summed E-state index contributed by atoms with van der Waals surface area (Å²) in [5.74, 6) is 0.536. The van der Waals surface area contributed by atoms with Crippen LogP contribution in [0.5, 0.6) is 0 Å². The van der Waals surface area contributed by atoms with Gasteiger partial charge in [-0.25, -0.2) is 9.67 Å². The van der Waals surface area contributed by atoms with Gasteiger partial charge in [0, 0.05) is 36.6 Å². The van der Waals surface area contributed by atoms with Gasteiger partial charge in [0.15, 0.2) is 11.0 Å². The summed E-state index contributed by atoms with van der Waals surface area (Å²) in [5.41, 5.74) is 2.12. The minimum atomic E-state index is -0.173. The van der Waals surface area contributed by atoms with Crippen LogP contribution in [-0.4, -0.2) is 43.6 Å². The zero-order chi connectivity index (χ0) is 18.8. The van der Waals surface area contributed by atoms with Crippen molar-refractivity contribution in [1.29, 1.82) is 0 Å². The molecule has 1 aliphatic rings. The summed E-state index contributed by atoms with van der Waals surface area (Å²) in [5, 5.41) is 16.8. The summed E-state index contributed by atoms with van der Waals surface area (Å²) in [7, 11) is 1.76. The molecule has 1 aliphatic heterocycles. The fourth-order valence-electron chi connectivity index (χ4n) is 2.93. The monoisotopic (exact) mass is 383 g/mol. The number of anilines is 2. The van der Waals surface area contributed by atoms with Crippen molar-refractivity contribution >= 4 is 34.0 Å². The van der Waals surface area contributed by atoms with Gasteiger partial charge in [0.2, 0.25) is 11.8 Å². The van der Waals surface area contributed by atoms with Gasteiger partial charge in [-0.3, -0.25) is 14.5 Å². The van der Waals surface area contributed by atoms with Crippen molar-refractivity contribution < 1.29 is 9.59 Å². The summed E-state index contributed by atoms with van der Waals surface area (Å²) in [4.78, 5) is 30.3. The first kappa shape index (κ1) is 17.3. The van der Waals surface area contributed by atoms with Crippen molar-refractivity contribution in [3.63, 3.8) is 0 Å². The van der Waals surface area contributed by atoms with Crippen LogP contribution in [0.15, 0.2) is 29.6 Å². The predicted octanol–water partition coefficient (Wildman–Crippen LogP) is 1.64. The van der Waals surface area contributed by atoms with Crippen LogP contribution in [0.4, 0.5) is 10.8 Å². The molecule has 4 rings (SSSR count). The number of hydrogen-bond donors (Lipinski definition) is 1. The molecule has 2 aromatic heterocycles. The molecule has 3 aromatic rings. The topological polar surface area (TPSA) is 106 Å². The smallest absolute Gasteiger partial charge is 0.230 e. The Morgan fingerprint density at radius 2 is 2.26 bits per heavy atom. The molecule has 0 atom stereocenters. The number of carbonyl (C=O) groups excluding carboxylic acids is 2. The minimum absolute atomic E-state index is 0.0930. The maximum Gasteiger partial charge on any atom is 0.230 e. The van der Waals surface area contributed by atoms with Gasteiger partial charge in [0.1, 0.15) is 0 Å². The van der Waals surface area contributed by atoms with Gasteiger partial charge in [-0.1, -0.05) is 12.1 Å². The lowest BCUT2D eigenvalue weighted by Crippen LogP contribution is -2.23. The number of carbonyl (C=O) groups is 2. The largest absolute Gasteiger partial charge is 0.326 e. The lowest BCUT2D eigenvalue weighted by atomic mass is 10.2. The molecule has 0 aliphatic carbocycles. The van der Waals surface area contributed by atoms with Crippen LogP contribution < -0.4 is 10.2 Å². The number of thiazole rings is 1. The van der Waals surface area contributed by atoms with Crippen molar-refractivity contribution in [2.45, 2.75) is 19.3 Å². The van der Waals surface area contributed by atoms with Crippen LogP contribution in [0.3, 0.4) is 0 Å². The molecule has 27 heavy (non-hydrogen) atoms. The Kier molecular flexibility index (Phi) is 4.63. The quantitative estimate of drug-likeness (QED) is 0.718. The highest BCUT2D eigenvalue weighted by molar-refractivity contribution is 7.14. The number of aromatic nitrogens is 5. The highest BCUT2D eigenvalue weighted by Gasteiger charge is 2.24. The van der Waals surface area contributed by atoms with Crippen LogP contribution in [-0.2, 0) is 23.1 Å². The molecule has 138 valence electrons. The maximum absolute atomic E-state index is 12.4. The first-order chi connectivity index (χ1) is 13.1. The number of aryl methyl sites for hydroxylation is 1. The summed E-state index contributed by atoms with van der Waals surface area (Å²) in [6, 6.07) is 7.33. The van der Waals surface area contributed by atoms with E-state index in [4.69, 9.17) is 0 Å². The summed E-state index contributed by atoms with van der Waals surface area (Å²) >= 11 is 1.39. The van der Waals surface area contributed by atoms with Crippen LogP contribution in [0.25, 0.3) is 11.4 Å². The fraction of sp³-hybridized carbons (Fsp3) is 0.294. The van der Waals surface area contributed by atoms with E-state index in [1.54, 1.807) is 22.7 Å².